The summed E-state index contributed by atoms with van der Waals surface area (Å²) in [6.07, 6.45) is 5.47. The van der Waals surface area contributed by atoms with Crippen LogP contribution in [0.1, 0.15) is 38.3 Å². The SMILES string of the molecule is Cc1nc(Cl)ccc1NCC1CCC(C)CC1. The number of aromatic nitrogens is 1. The summed E-state index contributed by atoms with van der Waals surface area (Å²) in [7, 11) is 0. The molecule has 1 N–H and O–H groups in total. The molecule has 2 nitrogen and oxygen atoms in total. The maximum Gasteiger partial charge on any atom is 0.129 e. The van der Waals surface area contributed by atoms with Gasteiger partial charge in [-0.2, -0.15) is 0 Å². The molecule has 0 unspecified atom stereocenters. The second-order valence-electron chi connectivity index (χ2n) is 5.27. The van der Waals surface area contributed by atoms with Crippen LogP contribution in [-0.2, 0) is 0 Å². The first-order chi connectivity index (χ1) is 8.15. The molecule has 1 aromatic rings. The molecule has 1 aliphatic carbocycles. The molecule has 0 bridgehead atoms. The van der Waals surface area contributed by atoms with Gasteiger partial charge in [0, 0.05) is 6.54 Å². The first-order valence-electron chi connectivity index (χ1n) is 6.52. The van der Waals surface area contributed by atoms with E-state index in [2.05, 4.69) is 17.2 Å². The second-order valence-corrected chi connectivity index (χ2v) is 5.66. The van der Waals surface area contributed by atoms with Crippen molar-refractivity contribution < 1.29 is 0 Å². The van der Waals surface area contributed by atoms with Gasteiger partial charge < -0.3 is 5.32 Å². The second kappa shape index (κ2) is 5.72. The van der Waals surface area contributed by atoms with Crippen LogP contribution in [0.5, 0.6) is 0 Å². The topological polar surface area (TPSA) is 24.9 Å². The van der Waals surface area contributed by atoms with Crippen molar-refractivity contribution >= 4 is 17.3 Å². The molecule has 0 amide bonds. The van der Waals surface area contributed by atoms with E-state index >= 15 is 0 Å². The Labute approximate surface area is 109 Å². The number of hydrogen-bond acceptors (Lipinski definition) is 2. The summed E-state index contributed by atoms with van der Waals surface area (Å²) < 4.78 is 0. The van der Waals surface area contributed by atoms with Gasteiger partial charge in [-0.15, -0.1) is 0 Å². The van der Waals surface area contributed by atoms with E-state index in [9.17, 15) is 0 Å². The smallest absolute Gasteiger partial charge is 0.129 e. The Morgan fingerprint density at radius 2 is 2.00 bits per heavy atom. The Kier molecular flexibility index (Phi) is 4.27. The molecule has 0 aromatic carbocycles. The number of rotatable bonds is 3. The first kappa shape index (κ1) is 12.7. The average Bonchev–Trinajstić information content (AvgIpc) is 2.30. The van der Waals surface area contributed by atoms with E-state index in [4.69, 9.17) is 11.6 Å². The summed E-state index contributed by atoms with van der Waals surface area (Å²) in [5.74, 6) is 1.74. The zero-order chi connectivity index (χ0) is 12.3. The predicted octanol–water partition coefficient (Wildman–Crippen LogP) is 4.28. The number of hydrogen-bond donors (Lipinski definition) is 1. The van der Waals surface area contributed by atoms with Crippen LogP contribution < -0.4 is 5.32 Å². The molecule has 17 heavy (non-hydrogen) atoms. The lowest BCUT2D eigenvalue weighted by molar-refractivity contribution is 0.300. The Morgan fingerprint density at radius 3 is 2.65 bits per heavy atom. The van der Waals surface area contributed by atoms with E-state index in [1.807, 2.05) is 19.1 Å². The van der Waals surface area contributed by atoms with Crippen molar-refractivity contribution in [2.24, 2.45) is 11.8 Å². The molecule has 0 radical (unpaired) electrons. The Hall–Kier alpha value is -0.760. The highest BCUT2D eigenvalue weighted by Gasteiger charge is 2.17. The van der Waals surface area contributed by atoms with Gasteiger partial charge in [0.15, 0.2) is 0 Å². The third-order valence-electron chi connectivity index (χ3n) is 3.77. The maximum atomic E-state index is 5.84. The van der Waals surface area contributed by atoms with E-state index in [0.29, 0.717) is 5.15 Å². The van der Waals surface area contributed by atoms with E-state index in [1.54, 1.807) is 0 Å². The molecule has 1 aliphatic rings. The molecule has 1 saturated carbocycles. The Morgan fingerprint density at radius 1 is 1.29 bits per heavy atom. The highest BCUT2D eigenvalue weighted by Crippen LogP contribution is 2.28. The van der Waals surface area contributed by atoms with Crippen molar-refractivity contribution in [2.75, 3.05) is 11.9 Å². The molecule has 0 atom stereocenters. The predicted molar refractivity (Wildman–Crippen MR) is 73.6 cm³/mol. The van der Waals surface area contributed by atoms with Crippen LogP contribution >= 0.6 is 11.6 Å². The molecular formula is C14H21ClN2. The number of anilines is 1. The summed E-state index contributed by atoms with van der Waals surface area (Å²) in [5, 5.41) is 4.07. The third-order valence-corrected chi connectivity index (χ3v) is 3.98. The molecule has 3 heteroatoms. The minimum atomic E-state index is 0.569. The van der Waals surface area contributed by atoms with Crippen LogP contribution in [0.25, 0.3) is 0 Å². The van der Waals surface area contributed by atoms with Gasteiger partial charge in [-0.3, -0.25) is 0 Å². The van der Waals surface area contributed by atoms with Crippen molar-refractivity contribution in [3.8, 4) is 0 Å². The maximum absolute atomic E-state index is 5.84. The quantitative estimate of drug-likeness (QED) is 0.813. The van der Waals surface area contributed by atoms with Gasteiger partial charge >= 0.3 is 0 Å². The van der Waals surface area contributed by atoms with E-state index < -0.39 is 0 Å². The fourth-order valence-corrected chi connectivity index (χ4v) is 2.69. The van der Waals surface area contributed by atoms with Crippen LogP contribution in [0.3, 0.4) is 0 Å². The van der Waals surface area contributed by atoms with Crippen molar-refractivity contribution in [1.82, 2.24) is 4.98 Å². The van der Waals surface area contributed by atoms with Crippen molar-refractivity contribution in [2.45, 2.75) is 39.5 Å². The minimum absolute atomic E-state index is 0.569. The minimum Gasteiger partial charge on any atom is -0.383 e. The lowest BCUT2D eigenvalue weighted by Crippen LogP contribution is -2.20. The fraction of sp³-hybridized carbons (Fsp3) is 0.643. The summed E-state index contributed by atoms with van der Waals surface area (Å²) in [4.78, 5) is 4.25. The molecule has 2 rings (SSSR count). The molecule has 1 fully saturated rings. The summed E-state index contributed by atoms with van der Waals surface area (Å²) >= 11 is 5.84. The molecule has 0 aliphatic heterocycles. The lowest BCUT2D eigenvalue weighted by Gasteiger charge is -2.26. The van der Waals surface area contributed by atoms with Gasteiger partial charge in [0.25, 0.3) is 0 Å². The number of halogens is 1. The van der Waals surface area contributed by atoms with Gasteiger partial charge in [0.2, 0.25) is 0 Å². The largest absolute Gasteiger partial charge is 0.383 e. The van der Waals surface area contributed by atoms with E-state index in [1.165, 1.54) is 25.7 Å². The molecule has 0 saturated heterocycles. The normalized spacial score (nSPS) is 24.6. The molecule has 1 heterocycles. The van der Waals surface area contributed by atoms with Gasteiger partial charge in [0.05, 0.1) is 11.4 Å². The highest BCUT2D eigenvalue weighted by atomic mass is 35.5. The zero-order valence-electron chi connectivity index (χ0n) is 10.7. The third kappa shape index (κ3) is 3.60. The number of pyridine rings is 1. The van der Waals surface area contributed by atoms with Crippen LogP contribution in [0.15, 0.2) is 12.1 Å². The molecule has 1 aromatic heterocycles. The Balaban J connectivity index is 1.85. The summed E-state index contributed by atoms with van der Waals surface area (Å²) in [6.45, 7) is 5.42. The zero-order valence-corrected chi connectivity index (χ0v) is 11.4. The summed E-state index contributed by atoms with van der Waals surface area (Å²) in [6, 6.07) is 3.87. The lowest BCUT2D eigenvalue weighted by atomic mass is 9.83. The number of aryl methyl sites for hydroxylation is 1. The fourth-order valence-electron chi connectivity index (χ4n) is 2.50. The van der Waals surface area contributed by atoms with Gasteiger partial charge in [-0.25, -0.2) is 4.98 Å². The van der Waals surface area contributed by atoms with Crippen molar-refractivity contribution in [1.29, 1.82) is 0 Å². The highest BCUT2D eigenvalue weighted by molar-refractivity contribution is 6.29. The van der Waals surface area contributed by atoms with Gasteiger partial charge in [0.1, 0.15) is 5.15 Å². The van der Waals surface area contributed by atoms with Crippen LogP contribution in [-0.4, -0.2) is 11.5 Å². The summed E-state index contributed by atoms with van der Waals surface area (Å²) in [5.41, 5.74) is 2.11. The first-order valence-corrected chi connectivity index (χ1v) is 6.90. The van der Waals surface area contributed by atoms with Crippen LogP contribution in [0, 0.1) is 18.8 Å². The standard InChI is InChI=1S/C14H21ClN2/c1-10-3-5-12(6-4-10)9-16-13-7-8-14(15)17-11(13)2/h7-8,10,12,16H,3-6,9H2,1-2H3. The van der Waals surface area contributed by atoms with Crippen molar-refractivity contribution in [3.63, 3.8) is 0 Å². The van der Waals surface area contributed by atoms with Gasteiger partial charge in [-0.05, 0) is 43.7 Å². The monoisotopic (exact) mass is 252 g/mol. The number of nitrogens with zero attached hydrogens (tertiary/aromatic N) is 1. The van der Waals surface area contributed by atoms with Crippen LogP contribution in [0.4, 0.5) is 5.69 Å². The van der Waals surface area contributed by atoms with Crippen molar-refractivity contribution in [3.05, 3.63) is 23.0 Å². The van der Waals surface area contributed by atoms with Gasteiger partial charge in [-0.1, -0.05) is 31.4 Å². The molecule has 94 valence electrons. The van der Waals surface area contributed by atoms with E-state index in [0.717, 1.165) is 29.8 Å². The molecular weight excluding hydrogens is 232 g/mol. The molecule has 0 spiro atoms. The Bertz CT molecular complexity index is 370. The number of nitrogens with one attached hydrogen (secondary N) is 1. The average molecular weight is 253 g/mol. The van der Waals surface area contributed by atoms with E-state index in [-0.39, 0.29) is 0 Å². The van der Waals surface area contributed by atoms with Crippen LogP contribution in [0.2, 0.25) is 5.15 Å².